The summed E-state index contributed by atoms with van der Waals surface area (Å²) in [6.45, 7) is 1.89. The predicted molar refractivity (Wildman–Crippen MR) is 93.6 cm³/mol. The monoisotopic (exact) mass is 349 g/mol. The molecule has 1 rings (SSSR count). The lowest BCUT2D eigenvalue weighted by molar-refractivity contribution is -0.155. The van der Waals surface area contributed by atoms with E-state index in [1.807, 2.05) is 13.0 Å². The van der Waals surface area contributed by atoms with Crippen LogP contribution in [-0.2, 0) is 14.4 Å². The first-order valence-electron chi connectivity index (χ1n) is 8.38. The third-order valence-corrected chi connectivity index (χ3v) is 3.91. The van der Waals surface area contributed by atoms with Gasteiger partial charge in [0.25, 0.3) is 0 Å². The summed E-state index contributed by atoms with van der Waals surface area (Å²) in [5.74, 6) is -1.19. The fourth-order valence-corrected chi connectivity index (χ4v) is 2.48. The lowest BCUT2D eigenvalue weighted by atomic mass is 9.99. The Labute approximate surface area is 148 Å². The van der Waals surface area contributed by atoms with Gasteiger partial charge in [0.05, 0.1) is 12.5 Å². The van der Waals surface area contributed by atoms with Crippen LogP contribution >= 0.6 is 0 Å². The standard InChI is InChI=1S/C18H27N3O4/c1-4-5-9-15(12-21(25)13-22)17(23)19-16(18(24)20(2)3)14-10-7-6-8-11-14/h6-8,10-11,13,15-16,25H,4-5,9,12H2,1-3H3,(H,19,23)/t15-,16+/m1/s1. The van der Waals surface area contributed by atoms with Crippen LogP contribution in [0.1, 0.15) is 37.8 Å². The Morgan fingerprint density at radius 2 is 1.88 bits per heavy atom. The molecule has 7 nitrogen and oxygen atoms in total. The Bertz CT molecular complexity index is 563. The predicted octanol–water partition coefficient (Wildman–Crippen LogP) is 1.59. The summed E-state index contributed by atoms with van der Waals surface area (Å²) in [4.78, 5) is 37.2. The van der Waals surface area contributed by atoms with Gasteiger partial charge in [0.1, 0.15) is 6.04 Å². The molecule has 138 valence electrons. The summed E-state index contributed by atoms with van der Waals surface area (Å²) in [7, 11) is 3.25. The molecule has 3 amide bonds. The first-order chi connectivity index (χ1) is 11.9. The van der Waals surface area contributed by atoms with Crippen molar-refractivity contribution in [1.29, 1.82) is 0 Å². The Balaban J connectivity index is 2.96. The zero-order chi connectivity index (χ0) is 18.8. The van der Waals surface area contributed by atoms with Crippen LogP contribution in [-0.4, -0.2) is 54.0 Å². The highest BCUT2D eigenvalue weighted by atomic mass is 16.5. The summed E-state index contributed by atoms with van der Waals surface area (Å²) in [6.07, 6.45) is 2.45. The number of hydrogen-bond acceptors (Lipinski definition) is 4. The number of benzene rings is 1. The molecule has 1 aromatic carbocycles. The molecule has 0 aliphatic heterocycles. The molecular formula is C18H27N3O4. The average Bonchev–Trinajstić information content (AvgIpc) is 2.62. The molecule has 0 unspecified atom stereocenters. The van der Waals surface area contributed by atoms with Gasteiger partial charge in [-0.1, -0.05) is 50.1 Å². The van der Waals surface area contributed by atoms with Gasteiger partial charge < -0.3 is 10.2 Å². The normalized spacial score (nSPS) is 12.8. The second-order valence-corrected chi connectivity index (χ2v) is 6.15. The number of hydroxylamine groups is 2. The lowest BCUT2D eigenvalue weighted by Gasteiger charge is -2.25. The van der Waals surface area contributed by atoms with Gasteiger partial charge in [0.2, 0.25) is 18.2 Å². The molecule has 0 radical (unpaired) electrons. The van der Waals surface area contributed by atoms with Crippen molar-refractivity contribution in [2.24, 2.45) is 5.92 Å². The summed E-state index contributed by atoms with van der Waals surface area (Å²) in [5.41, 5.74) is 0.681. The van der Waals surface area contributed by atoms with E-state index in [0.717, 1.165) is 12.8 Å². The third-order valence-electron chi connectivity index (χ3n) is 3.91. The van der Waals surface area contributed by atoms with Crippen LogP contribution in [0.5, 0.6) is 0 Å². The average molecular weight is 349 g/mol. The quantitative estimate of drug-likeness (QED) is 0.381. The van der Waals surface area contributed by atoms with Crippen molar-refractivity contribution in [3.05, 3.63) is 35.9 Å². The third kappa shape index (κ3) is 6.54. The molecule has 0 saturated heterocycles. The minimum Gasteiger partial charge on any atom is -0.347 e. The molecule has 25 heavy (non-hydrogen) atoms. The van der Waals surface area contributed by atoms with Crippen LogP contribution in [0.2, 0.25) is 0 Å². The zero-order valence-electron chi connectivity index (χ0n) is 15.0. The van der Waals surface area contributed by atoms with Crippen molar-refractivity contribution in [1.82, 2.24) is 15.3 Å². The van der Waals surface area contributed by atoms with E-state index in [-0.39, 0.29) is 24.8 Å². The largest absolute Gasteiger partial charge is 0.347 e. The fraction of sp³-hybridized carbons (Fsp3) is 0.500. The fourth-order valence-electron chi connectivity index (χ4n) is 2.48. The van der Waals surface area contributed by atoms with Crippen molar-refractivity contribution < 1.29 is 19.6 Å². The molecule has 0 bridgehead atoms. The maximum Gasteiger partial charge on any atom is 0.249 e. The second kappa shape index (κ2) is 10.5. The number of likely N-dealkylation sites (N-methyl/N-ethyl adjacent to an activating group) is 1. The van der Waals surface area contributed by atoms with E-state index in [2.05, 4.69) is 5.32 Å². The zero-order valence-corrected chi connectivity index (χ0v) is 15.0. The highest BCUT2D eigenvalue weighted by Crippen LogP contribution is 2.17. The SMILES string of the molecule is CCCC[C@H](CN(O)C=O)C(=O)N[C@H](C(=O)N(C)C)c1ccccc1. The van der Waals surface area contributed by atoms with Gasteiger partial charge in [-0.25, -0.2) is 5.06 Å². The van der Waals surface area contributed by atoms with Crippen LogP contribution in [0, 0.1) is 5.92 Å². The van der Waals surface area contributed by atoms with E-state index >= 15 is 0 Å². The maximum atomic E-state index is 12.7. The number of hydrogen-bond donors (Lipinski definition) is 2. The van der Waals surface area contributed by atoms with Crippen LogP contribution in [0.3, 0.4) is 0 Å². The number of carbonyl (C=O) groups excluding carboxylic acids is 3. The summed E-state index contributed by atoms with van der Waals surface area (Å²) < 4.78 is 0. The van der Waals surface area contributed by atoms with Crippen molar-refractivity contribution in [2.45, 2.75) is 32.2 Å². The molecule has 0 fully saturated rings. The van der Waals surface area contributed by atoms with Crippen LogP contribution in [0.25, 0.3) is 0 Å². The first kappa shape index (κ1) is 20.6. The van der Waals surface area contributed by atoms with Crippen LogP contribution < -0.4 is 5.32 Å². The van der Waals surface area contributed by atoms with Gasteiger partial charge in [0.15, 0.2) is 0 Å². The molecule has 0 aliphatic carbocycles. The van der Waals surface area contributed by atoms with Crippen LogP contribution in [0.4, 0.5) is 0 Å². The van der Waals surface area contributed by atoms with Crippen molar-refractivity contribution in [2.75, 3.05) is 20.6 Å². The molecule has 7 heteroatoms. The highest BCUT2D eigenvalue weighted by Gasteiger charge is 2.28. The van der Waals surface area contributed by atoms with Gasteiger partial charge in [-0.15, -0.1) is 0 Å². The van der Waals surface area contributed by atoms with E-state index in [1.54, 1.807) is 38.4 Å². The minimum absolute atomic E-state index is 0.104. The molecule has 0 aliphatic rings. The summed E-state index contributed by atoms with van der Waals surface area (Å²) >= 11 is 0. The smallest absolute Gasteiger partial charge is 0.249 e. The van der Waals surface area contributed by atoms with Crippen LogP contribution in [0.15, 0.2) is 30.3 Å². The number of amides is 3. The van der Waals surface area contributed by atoms with E-state index in [9.17, 15) is 19.6 Å². The van der Waals surface area contributed by atoms with Crippen molar-refractivity contribution >= 4 is 18.2 Å². The van der Waals surface area contributed by atoms with Gasteiger partial charge in [-0.2, -0.15) is 0 Å². The molecule has 0 heterocycles. The first-order valence-corrected chi connectivity index (χ1v) is 8.38. The number of rotatable bonds is 10. The van der Waals surface area contributed by atoms with Gasteiger partial charge in [0, 0.05) is 14.1 Å². The molecule has 2 N–H and O–H groups in total. The van der Waals surface area contributed by atoms with Crippen molar-refractivity contribution in [3.8, 4) is 0 Å². The lowest BCUT2D eigenvalue weighted by Crippen LogP contribution is -2.44. The molecule has 0 aromatic heterocycles. The number of nitrogens with one attached hydrogen (secondary N) is 1. The van der Waals surface area contributed by atoms with Crippen molar-refractivity contribution in [3.63, 3.8) is 0 Å². The molecule has 0 spiro atoms. The Kier molecular flexibility index (Phi) is 8.63. The Morgan fingerprint density at radius 1 is 1.24 bits per heavy atom. The number of unbranched alkanes of at least 4 members (excludes halogenated alkanes) is 1. The van der Waals surface area contributed by atoms with E-state index < -0.39 is 12.0 Å². The molecule has 0 saturated carbocycles. The summed E-state index contributed by atoms with van der Waals surface area (Å²) in [5, 5.41) is 12.7. The van der Waals surface area contributed by atoms with E-state index in [4.69, 9.17) is 0 Å². The van der Waals surface area contributed by atoms with E-state index in [0.29, 0.717) is 17.0 Å². The summed E-state index contributed by atoms with van der Waals surface area (Å²) in [6, 6.07) is 8.17. The highest BCUT2D eigenvalue weighted by molar-refractivity contribution is 5.89. The number of nitrogens with zero attached hydrogens (tertiary/aromatic N) is 2. The minimum atomic E-state index is -0.809. The van der Waals surface area contributed by atoms with Gasteiger partial charge in [-0.05, 0) is 12.0 Å². The molecule has 1 aromatic rings. The Hall–Kier alpha value is -2.41. The number of carbonyl (C=O) groups is 3. The molecular weight excluding hydrogens is 322 g/mol. The second-order valence-electron chi connectivity index (χ2n) is 6.15. The maximum absolute atomic E-state index is 12.7. The Morgan fingerprint density at radius 3 is 2.40 bits per heavy atom. The van der Waals surface area contributed by atoms with E-state index in [1.165, 1.54) is 4.90 Å². The molecule has 2 atom stereocenters. The topological polar surface area (TPSA) is 90.0 Å². The van der Waals surface area contributed by atoms with Gasteiger partial charge >= 0.3 is 0 Å². The van der Waals surface area contributed by atoms with Gasteiger partial charge in [-0.3, -0.25) is 19.6 Å².